The molecule has 1 aliphatic heterocycles. The first-order valence-corrected chi connectivity index (χ1v) is 2.67. The summed E-state index contributed by atoms with van der Waals surface area (Å²) in [6.45, 7) is 2.54. The highest BCUT2D eigenvalue weighted by molar-refractivity contribution is 5.56. The minimum atomic E-state index is -0.218. The van der Waals surface area contributed by atoms with Crippen LogP contribution in [0.2, 0.25) is 0 Å². The van der Waals surface area contributed by atoms with Gasteiger partial charge in [-0.1, -0.05) is 0 Å². The molecule has 1 fully saturated rings. The van der Waals surface area contributed by atoms with Gasteiger partial charge in [0.05, 0.1) is 0 Å². The average Bonchev–Trinajstić information content (AvgIpc) is 2.14. The Kier molecular flexibility index (Phi) is 1.60. The van der Waals surface area contributed by atoms with Crippen molar-refractivity contribution in [1.29, 1.82) is 0 Å². The van der Waals surface area contributed by atoms with Gasteiger partial charge in [-0.25, -0.2) is 0 Å². The standard InChI is InChI=1S/C5H9NO2/c1-4-6-2-5(3-7)8-4/h3-6H,2H2,1H3/t4-,5+/m0/s1. The lowest BCUT2D eigenvalue weighted by Crippen LogP contribution is -2.18. The van der Waals surface area contributed by atoms with E-state index in [1.807, 2.05) is 6.92 Å². The molecule has 0 amide bonds. The van der Waals surface area contributed by atoms with Crippen LogP contribution in [-0.4, -0.2) is 25.2 Å². The molecule has 1 aliphatic rings. The van der Waals surface area contributed by atoms with Crippen molar-refractivity contribution in [2.24, 2.45) is 0 Å². The predicted octanol–water partition coefficient (Wildman–Crippen LogP) is -0.480. The largest absolute Gasteiger partial charge is 0.352 e. The monoisotopic (exact) mass is 115 g/mol. The molecule has 0 aromatic rings. The lowest BCUT2D eigenvalue weighted by atomic mass is 10.4. The molecule has 1 saturated heterocycles. The van der Waals surface area contributed by atoms with Gasteiger partial charge in [0.2, 0.25) is 0 Å². The second kappa shape index (κ2) is 2.24. The fraction of sp³-hybridized carbons (Fsp3) is 0.800. The quantitative estimate of drug-likeness (QED) is 0.469. The van der Waals surface area contributed by atoms with Gasteiger partial charge in [-0.3, -0.25) is 5.32 Å². The van der Waals surface area contributed by atoms with Crippen LogP contribution in [0.1, 0.15) is 6.92 Å². The minimum Gasteiger partial charge on any atom is -0.352 e. The SMILES string of the molecule is C[C@H]1NC[C@H](C=O)O1. The first-order valence-electron chi connectivity index (χ1n) is 2.67. The summed E-state index contributed by atoms with van der Waals surface area (Å²) in [6, 6.07) is 0. The van der Waals surface area contributed by atoms with Crippen molar-refractivity contribution in [1.82, 2.24) is 5.32 Å². The van der Waals surface area contributed by atoms with Gasteiger partial charge >= 0.3 is 0 Å². The van der Waals surface area contributed by atoms with Gasteiger partial charge in [-0.2, -0.15) is 0 Å². The Bertz CT molecular complexity index is 94.4. The number of hydrogen-bond acceptors (Lipinski definition) is 3. The van der Waals surface area contributed by atoms with Crippen molar-refractivity contribution in [2.45, 2.75) is 19.3 Å². The lowest BCUT2D eigenvalue weighted by molar-refractivity contribution is -0.116. The maximum absolute atomic E-state index is 9.99. The molecule has 0 radical (unpaired) electrons. The van der Waals surface area contributed by atoms with Gasteiger partial charge < -0.3 is 9.53 Å². The summed E-state index contributed by atoms with van der Waals surface area (Å²) in [7, 11) is 0. The first-order chi connectivity index (χ1) is 3.83. The molecule has 8 heavy (non-hydrogen) atoms. The van der Waals surface area contributed by atoms with E-state index in [1.54, 1.807) is 0 Å². The zero-order valence-corrected chi connectivity index (χ0v) is 4.76. The second-order valence-corrected chi connectivity index (χ2v) is 1.86. The molecule has 0 unspecified atom stereocenters. The summed E-state index contributed by atoms with van der Waals surface area (Å²) in [5.74, 6) is 0. The minimum absolute atomic E-state index is 0.0465. The van der Waals surface area contributed by atoms with E-state index in [0.717, 1.165) is 6.29 Å². The summed E-state index contributed by atoms with van der Waals surface area (Å²) in [6.07, 6.45) is 0.645. The van der Waals surface area contributed by atoms with Crippen LogP contribution in [0.15, 0.2) is 0 Å². The molecule has 1 rings (SSSR count). The molecule has 0 saturated carbocycles. The number of nitrogens with one attached hydrogen (secondary N) is 1. The summed E-state index contributed by atoms with van der Waals surface area (Å²) in [4.78, 5) is 9.99. The molecule has 1 heterocycles. The van der Waals surface area contributed by atoms with Gasteiger partial charge in [0, 0.05) is 6.54 Å². The molecular weight excluding hydrogens is 106 g/mol. The van der Waals surface area contributed by atoms with Gasteiger partial charge in [-0.05, 0) is 6.92 Å². The molecule has 0 aromatic heterocycles. The first kappa shape index (κ1) is 5.72. The number of aldehydes is 1. The zero-order chi connectivity index (χ0) is 5.98. The predicted molar refractivity (Wildman–Crippen MR) is 28.4 cm³/mol. The molecule has 46 valence electrons. The molecule has 0 aliphatic carbocycles. The van der Waals surface area contributed by atoms with Crippen molar-refractivity contribution >= 4 is 6.29 Å². The maximum Gasteiger partial charge on any atom is 0.150 e. The highest BCUT2D eigenvalue weighted by atomic mass is 16.5. The van der Waals surface area contributed by atoms with Crippen molar-refractivity contribution < 1.29 is 9.53 Å². The topological polar surface area (TPSA) is 38.3 Å². The maximum atomic E-state index is 9.99. The number of carbonyl (C=O) groups excluding carboxylic acids is 1. The van der Waals surface area contributed by atoms with Crippen molar-refractivity contribution in [3.8, 4) is 0 Å². The number of rotatable bonds is 1. The van der Waals surface area contributed by atoms with Crippen molar-refractivity contribution in [2.75, 3.05) is 6.54 Å². The van der Waals surface area contributed by atoms with Crippen molar-refractivity contribution in [3.05, 3.63) is 0 Å². The van der Waals surface area contributed by atoms with Crippen LogP contribution in [0.4, 0.5) is 0 Å². The summed E-state index contributed by atoms with van der Waals surface area (Å²) >= 11 is 0. The van der Waals surface area contributed by atoms with Crippen LogP contribution < -0.4 is 5.32 Å². The molecular formula is C5H9NO2. The van der Waals surface area contributed by atoms with E-state index in [9.17, 15) is 4.79 Å². The van der Waals surface area contributed by atoms with E-state index in [-0.39, 0.29) is 12.3 Å². The average molecular weight is 115 g/mol. The Morgan fingerprint density at radius 2 is 2.62 bits per heavy atom. The summed E-state index contributed by atoms with van der Waals surface area (Å²) < 4.78 is 5.03. The smallest absolute Gasteiger partial charge is 0.150 e. The lowest BCUT2D eigenvalue weighted by Gasteiger charge is -1.99. The van der Waals surface area contributed by atoms with Crippen LogP contribution in [-0.2, 0) is 9.53 Å². The Labute approximate surface area is 48.0 Å². The van der Waals surface area contributed by atoms with E-state index in [0.29, 0.717) is 6.54 Å². The fourth-order valence-corrected chi connectivity index (χ4v) is 0.721. The van der Waals surface area contributed by atoms with Crippen LogP contribution in [0.25, 0.3) is 0 Å². The van der Waals surface area contributed by atoms with Gasteiger partial charge in [0.15, 0.2) is 0 Å². The van der Waals surface area contributed by atoms with Crippen molar-refractivity contribution in [3.63, 3.8) is 0 Å². The molecule has 2 atom stereocenters. The molecule has 3 nitrogen and oxygen atoms in total. The third-order valence-electron chi connectivity index (χ3n) is 1.14. The Morgan fingerprint density at radius 1 is 1.88 bits per heavy atom. The molecule has 0 aromatic carbocycles. The Balaban J connectivity index is 2.32. The summed E-state index contributed by atoms with van der Waals surface area (Å²) in [5.41, 5.74) is 0. The third-order valence-corrected chi connectivity index (χ3v) is 1.14. The molecule has 0 bridgehead atoms. The number of ether oxygens (including phenoxy) is 1. The normalized spacial score (nSPS) is 37.6. The molecule has 3 heteroatoms. The van der Waals surface area contributed by atoms with Crippen LogP contribution in [0.5, 0.6) is 0 Å². The van der Waals surface area contributed by atoms with Crippen LogP contribution in [0.3, 0.4) is 0 Å². The Hall–Kier alpha value is -0.410. The van der Waals surface area contributed by atoms with E-state index in [4.69, 9.17) is 4.74 Å². The van der Waals surface area contributed by atoms with E-state index < -0.39 is 0 Å². The van der Waals surface area contributed by atoms with Gasteiger partial charge in [0.1, 0.15) is 18.6 Å². The van der Waals surface area contributed by atoms with E-state index in [2.05, 4.69) is 5.32 Å². The Morgan fingerprint density at radius 3 is 2.88 bits per heavy atom. The number of carbonyl (C=O) groups is 1. The highest BCUT2D eigenvalue weighted by Gasteiger charge is 2.18. The highest BCUT2D eigenvalue weighted by Crippen LogP contribution is 1.99. The number of hydrogen-bond donors (Lipinski definition) is 1. The third kappa shape index (κ3) is 1.05. The van der Waals surface area contributed by atoms with E-state index in [1.165, 1.54) is 0 Å². The summed E-state index contributed by atoms with van der Waals surface area (Å²) in [5, 5.41) is 2.97. The fourth-order valence-electron chi connectivity index (χ4n) is 0.721. The zero-order valence-electron chi connectivity index (χ0n) is 4.76. The van der Waals surface area contributed by atoms with Gasteiger partial charge in [-0.15, -0.1) is 0 Å². The van der Waals surface area contributed by atoms with Crippen LogP contribution in [0, 0.1) is 0 Å². The molecule has 0 spiro atoms. The van der Waals surface area contributed by atoms with E-state index >= 15 is 0 Å². The van der Waals surface area contributed by atoms with Crippen LogP contribution >= 0.6 is 0 Å². The van der Waals surface area contributed by atoms with Gasteiger partial charge in [0.25, 0.3) is 0 Å². The second-order valence-electron chi connectivity index (χ2n) is 1.86. The molecule has 1 N–H and O–H groups in total.